The Kier molecular flexibility index (Phi) is 4.56. The largest absolute Gasteiger partial charge is 0.444 e. The molecule has 1 fully saturated rings. The third-order valence-corrected chi connectivity index (χ3v) is 2.36. The molecule has 1 aliphatic rings. The van der Waals surface area contributed by atoms with Crippen LogP contribution in [-0.2, 0) is 9.47 Å². The molecule has 0 aromatic carbocycles. The van der Waals surface area contributed by atoms with Crippen LogP contribution in [0.15, 0.2) is 0 Å². The first kappa shape index (κ1) is 13.3. The van der Waals surface area contributed by atoms with Crippen molar-refractivity contribution < 1.29 is 14.3 Å². The second-order valence-electron chi connectivity index (χ2n) is 5.09. The molecule has 0 aromatic heterocycles. The minimum Gasteiger partial charge on any atom is -0.444 e. The van der Waals surface area contributed by atoms with Gasteiger partial charge in [-0.3, -0.25) is 0 Å². The van der Waals surface area contributed by atoms with Crippen molar-refractivity contribution in [3.63, 3.8) is 0 Å². The fourth-order valence-electron chi connectivity index (χ4n) is 1.67. The van der Waals surface area contributed by atoms with Crippen LogP contribution in [0.1, 0.15) is 27.2 Å². The quantitative estimate of drug-likeness (QED) is 0.739. The van der Waals surface area contributed by atoms with E-state index in [1.165, 1.54) is 0 Å². The summed E-state index contributed by atoms with van der Waals surface area (Å²) in [6.07, 6.45) is 0.618. The smallest absolute Gasteiger partial charge is 0.407 e. The summed E-state index contributed by atoms with van der Waals surface area (Å²) in [5, 5.41) is 6.04. The van der Waals surface area contributed by atoms with Gasteiger partial charge in [-0.1, -0.05) is 0 Å². The standard InChI is InChI=1S/C11H22N2O3/c1-11(2,3)16-10(14)13-8-5-9(15-4)7-12-6-8/h8-9,12H,5-7H2,1-4H3,(H,13,14)/t8-,9+/m0/s1. The summed E-state index contributed by atoms with van der Waals surface area (Å²) in [6.45, 7) is 7.15. The zero-order valence-corrected chi connectivity index (χ0v) is 10.5. The van der Waals surface area contributed by atoms with Crippen LogP contribution >= 0.6 is 0 Å². The molecule has 5 nitrogen and oxygen atoms in total. The van der Waals surface area contributed by atoms with E-state index in [0.29, 0.717) is 0 Å². The Bertz CT molecular complexity index is 238. The van der Waals surface area contributed by atoms with Crippen LogP contribution in [0.5, 0.6) is 0 Å². The van der Waals surface area contributed by atoms with Crippen LogP contribution in [0.3, 0.4) is 0 Å². The normalized spacial score (nSPS) is 26.2. The topological polar surface area (TPSA) is 59.6 Å². The Balaban J connectivity index is 2.33. The van der Waals surface area contributed by atoms with Crippen molar-refractivity contribution in [1.29, 1.82) is 0 Å². The minimum atomic E-state index is -0.452. The molecule has 2 N–H and O–H groups in total. The highest BCUT2D eigenvalue weighted by molar-refractivity contribution is 5.68. The van der Waals surface area contributed by atoms with Crippen molar-refractivity contribution in [2.75, 3.05) is 20.2 Å². The molecule has 16 heavy (non-hydrogen) atoms. The molecule has 0 bridgehead atoms. The maximum atomic E-state index is 11.5. The van der Waals surface area contributed by atoms with Crippen LogP contribution in [0, 0.1) is 0 Å². The predicted octanol–water partition coefficient (Wildman–Crippen LogP) is 0.888. The number of amides is 1. The fraction of sp³-hybridized carbons (Fsp3) is 0.909. The molecule has 0 saturated carbocycles. The van der Waals surface area contributed by atoms with Gasteiger partial charge in [-0.05, 0) is 27.2 Å². The Morgan fingerprint density at radius 3 is 2.62 bits per heavy atom. The summed E-state index contributed by atoms with van der Waals surface area (Å²) in [4.78, 5) is 11.5. The van der Waals surface area contributed by atoms with Crippen molar-refractivity contribution in [1.82, 2.24) is 10.6 Å². The molecule has 1 saturated heterocycles. The number of piperidine rings is 1. The van der Waals surface area contributed by atoms with Gasteiger partial charge in [0.05, 0.1) is 6.10 Å². The summed E-state index contributed by atoms with van der Waals surface area (Å²) < 4.78 is 10.4. The highest BCUT2D eigenvalue weighted by Gasteiger charge is 2.24. The molecule has 0 aromatic rings. The van der Waals surface area contributed by atoms with E-state index in [0.717, 1.165) is 19.5 Å². The van der Waals surface area contributed by atoms with Crippen LogP contribution in [-0.4, -0.2) is 44.0 Å². The molecule has 1 amide bonds. The van der Waals surface area contributed by atoms with E-state index in [9.17, 15) is 4.79 Å². The molecule has 5 heteroatoms. The lowest BCUT2D eigenvalue weighted by Crippen LogP contribution is -2.51. The number of ether oxygens (including phenoxy) is 2. The number of alkyl carbamates (subject to hydrolysis) is 1. The number of hydrogen-bond donors (Lipinski definition) is 2. The molecular formula is C11H22N2O3. The summed E-state index contributed by atoms with van der Waals surface area (Å²) in [5.74, 6) is 0. The van der Waals surface area contributed by atoms with Crippen molar-refractivity contribution in [2.45, 2.75) is 44.9 Å². The van der Waals surface area contributed by atoms with Gasteiger partial charge >= 0.3 is 6.09 Å². The van der Waals surface area contributed by atoms with E-state index < -0.39 is 5.60 Å². The first-order chi connectivity index (χ1) is 7.40. The SMILES string of the molecule is CO[C@H]1CNC[C@@H](NC(=O)OC(C)(C)C)C1. The summed E-state index contributed by atoms with van der Waals surface area (Å²) in [5.41, 5.74) is -0.452. The summed E-state index contributed by atoms with van der Waals surface area (Å²) in [7, 11) is 1.68. The predicted molar refractivity (Wildman–Crippen MR) is 61.4 cm³/mol. The number of nitrogens with one attached hydrogen (secondary N) is 2. The number of rotatable bonds is 2. The van der Waals surface area contributed by atoms with E-state index in [1.54, 1.807) is 7.11 Å². The molecular weight excluding hydrogens is 208 g/mol. The third kappa shape index (κ3) is 4.81. The van der Waals surface area contributed by atoms with Crippen LogP contribution < -0.4 is 10.6 Å². The highest BCUT2D eigenvalue weighted by atomic mass is 16.6. The van der Waals surface area contributed by atoms with Gasteiger partial charge in [-0.25, -0.2) is 4.79 Å². The van der Waals surface area contributed by atoms with E-state index in [2.05, 4.69) is 10.6 Å². The number of hydrogen-bond acceptors (Lipinski definition) is 4. The molecule has 0 unspecified atom stereocenters. The molecule has 0 aliphatic carbocycles. The van der Waals surface area contributed by atoms with Crippen molar-refractivity contribution in [3.05, 3.63) is 0 Å². The third-order valence-electron chi connectivity index (χ3n) is 2.36. The monoisotopic (exact) mass is 230 g/mol. The van der Waals surface area contributed by atoms with Gasteiger partial charge in [0.2, 0.25) is 0 Å². The number of carbonyl (C=O) groups is 1. The molecule has 1 aliphatic heterocycles. The number of carbonyl (C=O) groups excluding carboxylic acids is 1. The molecule has 0 radical (unpaired) electrons. The average molecular weight is 230 g/mol. The van der Waals surface area contributed by atoms with E-state index >= 15 is 0 Å². The lowest BCUT2D eigenvalue weighted by atomic mass is 10.1. The van der Waals surface area contributed by atoms with Gasteiger partial charge in [0.15, 0.2) is 0 Å². The van der Waals surface area contributed by atoms with Crippen molar-refractivity contribution in [2.24, 2.45) is 0 Å². The van der Waals surface area contributed by atoms with Crippen LogP contribution in [0.4, 0.5) is 4.79 Å². The van der Waals surface area contributed by atoms with E-state index in [-0.39, 0.29) is 18.2 Å². The van der Waals surface area contributed by atoms with Gasteiger partial charge in [-0.15, -0.1) is 0 Å². The minimum absolute atomic E-state index is 0.0774. The van der Waals surface area contributed by atoms with Gasteiger partial charge < -0.3 is 20.1 Å². The first-order valence-corrected chi connectivity index (χ1v) is 5.64. The molecule has 0 spiro atoms. The average Bonchev–Trinajstić information content (AvgIpc) is 2.15. The van der Waals surface area contributed by atoms with Gasteiger partial charge in [0, 0.05) is 26.2 Å². The van der Waals surface area contributed by atoms with Gasteiger partial charge in [0.1, 0.15) is 5.60 Å². The first-order valence-electron chi connectivity index (χ1n) is 5.64. The van der Waals surface area contributed by atoms with E-state index in [4.69, 9.17) is 9.47 Å². The summed E-state index contributed by atoms with van der Waals surface area (Å²) >= 11 is 0. The Labute approximate surface area is 96.9 Å². The zero-order chi connectivity index (χ0) is 12.2. The Morgan fingerprint density at radius 2 is 2.06 bits per heavy atom. The summed E-state index contributed by atoms with van der Waals surface area (Å²) in [6, 6.07) is 0.0774. The Morgan fingerprint density at radius 1 is 1.38 bits per heavy atom. The lowest BCUT2D eigenvalue weighted by Gasteiger charge is -2.30. The second-order valence-corrected chi connectivity index (χ2v) is 5.09. The zero-order valence-electron chi connectivity index (χ0n) is 10.5. The maximum Gasteiger partial charge on any atom is 0.407 e. The molecule has 2 atom stereocenters. The van der Waals surface area contributed by atoms with Gasteiger partial charge in [0.25, 0.3) is 0 Å². The fourth-order valence-corrected chi connectivity index (χ4v) is 1.67. The van der Waals surface area contributed by atoms with Crippen molar-refractivity contribution >= 4 is 6.09 Å². The van der Waals surface area contributed by atoms with Crippen LogP contribution in [0.25, 0.3) is 0 Å². The lowest BCUT2D eigenvalue weighted by molar-refractivity contribution is 0.0408. The van der Waals surface area contributed by atoms with E-state index in [1.807, 2.05) is 20.8 Å². The molecule has 1 heterocycles. The maximum absolute atomic E-state index is 11.5. The number of methoxy groups -OCH3 is 1. The highest BCUT2D eigenvalue weighted by Crippen LogP contribution is 2.09. The van der Waals surface area contributed by atoms with Crippen LogP contribution in [0.2, 0.25) is 0 Å². The second kappa shape index (κ2) is 5.50. The molecule has 94 valence electrons. The molecule has 1 rings (SSSR count). The van der Waals surface area contributed by atoms with Crippen molar-refractivity contribution in [3.8, 4) is 0 Å². The van der Waals surface area contributed by atoms with Gasteiger partial charge in [-0.2, -0.15) is 0 Å². The Hall–Kier alpha value is -0.810.